The van der Waals surface area contributed by atoms with Gasteiger partial charge in [-0.1, -0.05) is 55.3 Å². The van der Waals surface area contributed by atoms with Crippen LogP contribution in [0.4, 0.5) is 5.69 Å². The van der Waals surface area contributed by atoms with E-state index in [2.05, 4.69) is 5.32 Å². The van der Waals surface area contributed by atoms with Crippen molar-refractivity contribution < 1.29 is 22.7 Å². The normalized spacial score (nSPS) is 12.1. The average molecular weight is 600 g/mol. The number of sulfonamides is 1. The Bertz CT molecular complexity index is 1460. The molecule has 8 nitrogen and oxygen atoms in total. The van der Waals surface area contributed by atoms with Gasteiger partial charge in [-0.3, -0.25) is 13.9 Å². The van der Waals surface area contributed by atoms with Crippen LogP contribution in [0.5, 0.6) is 5.75 Å². The number of nitrogens with one attached hydrogen (secondary N) is 1. The van der Waals surface area contributed by atoms with Crippen LogP contribution in [-0.4, -0.2) is 51.4 Å². The van der Waals surface area contributed by atoms with Gasteiger partial charge in [0.25, 0.3) is 10.0 Å². The molecular formula is C31H38ClN3O5S. The highest BCUT2D eigenvalue weighted by molar-refractivity contribution is 7.92. The molecule has 10 heteroatoms. The number of anilines is 1. The van der Waals surface area contributed by atoms with Gasteiger partial charge in [-0.15, -0.1) is 0 Å². The molecule has 0 aliphatic heterocycles. The lowest BCUT2D eigenvalue weighted by Gasteiger charge is -2.32. The summed E-state index contributed by atoms with van der Waals surface area (Å²) in [6.45, 7) is 9.23. The maximum absolute atomic E-state index is 14.0. The number of methoxy groups -OCH3 is 1. The fraction of sp³-hybridized carbons (Fsp3) is 0.355. The fourth-order valence-corrected chi connectivity index (χ4v) is 5.92. The van der Waals surface area contributed by atoms with Crippen molar-refractivity contribution in [2.45, 2.75) is 52.1 Å². The number of hydrogen-bond acceptors (Lipinski definition) is 5. The van der Waals surface area contributed by atoms with Gasteiger partial charge in [0.15, 0.2) is 0 Å². The summed E-state index contributed by atoms with van der Waals surface area (Å²) in [7, 11) is -2.60. The second-order valence-electron chi connectivity index (χ2n) is 10.4. The molecule has 0 aromatic heterocycles. The van der Waals surface area contributed by atoms with Gasteiger partial charge in [0.2, 0.25) is 11.8 Å². The lowest BCUT2D eigenvalue weighted by molar-refractivity contribution is -0.139. The van der Waals surface area contributed by atoms with Crippen molar-refractivity contribution in [3.05, 3.63) is 88.4 Å². The van der Waals surface area contributed by atoms with Crippen molar-refractivity contribution in [2.75, 3.05) is 24.5 Å². The van der Waals surface area contributed by atoms with E-state index in [0.717, 1.165) is 15.4 Å². The maximum Gasteiger partial charge on any atom is 0.264 e. The SMILES string of the molecule is COc1ccc(CN(C(=O)CN(c2ccc(Cl)cc2C)S(=O)(=O)c2ccc(C)cc2)[C@@H](C)C(=O)NCC(C)C)cc1. The summed E-state index contributed by atoms with van der Waals surface area (Å²) in [5, 5.41) is 3.33. The molecule has 0 bridgehead atoms. The first-order chi connectivity index (χ1) is 19.3. The monoisotopic (exact) mass is 599 g/mol. The van der Waals surface area contributed by atoms with Gasteiger partial charge >= 0.3 is 0 Å². The van der Waals surface area contributed by atoms with Gasteiger partial charge in [-0.25, -0.2) is 8.42 Å². The predicted molar refractivity (Wildman–Crippen MR) is 163 cm³/mol. The first kappa shape index (κ1) is 32.0. The largest absolute Gasteiger partial charge is 0.497 e. The topological polar surface area (TPSA) is 96.0 Å². The van der Waals surface area contributed by atoms with E-state index >= 15 is 0 Å². The van der Waals surface area contributed by atoms with E-state index in [0.29, 0.717) is 28.6 Å². The van der Waals surface area contributed by atoms with Crippen molar-refractivity contribution in [3.8, 4) is 5.75 Å². The van der Waals surface area contributed by atoms with Crippen molar-refractivity contribution in [1.29, 1.82) is 0 Å². The molecule has 41 heavy (non-hydrogen) atoms. The van der Waals surface area contributed by atoms with Gasteiger partial charge in [0, 0.05) is 18.1 Å². The van der Waals surface area contributed by atoms with Crippen molar-refractivity contribution in [2.24, 2.45) is 5.92 Å². The molecule has 0 heterocycles. The van der Waals surface area contributed by atoms with E-state index in [9.17, 15) is 18.0 Å². The van der Waals surface area contributed by atoms with Crippen LogP contribution in [0.25, 0.3) is 0 Å². The zero-order chi connectivity index (χ0) is 30.3. The van der Waals surface area contributed by atoms with E-state index in [1.165, 1.54) is 17.0 Å². The Morgan fingerprint density at radius 1 is 0.951 bits per heavy atom. The molecule has 0 aliphatic rings. The van der Waals surface area contributed by atoms with E-state index < -0.39 is 28.5 Å². The maximum atomic E-state index is 14.0. The molecule has 2 amide bonds. The Kier molecular flexibility index (Phi) is 10.8. The summed E-state index contributed by atoms with van der Waals surface area (Å²) in [5.41, 5.74) is 2.58. The number of ether oxygens (including phenoxy) is 1. The van der Waals surface area contributed by atoms with E-state index in [-0.39, 0.29) is 23.3 Å². The van der Waals surface area contributed by atoms with Crippen molar-refractivity contribution in [3.63, 3.8) is 0 Å². The molecule has 0 saturated carbocycles. The van der Waals surface area contributed by atoms with Gasteiger partial charge in [0.1, 0.15) is 18.3 Å². The number of rotatable bonds is 12. The number of aryl methyl sites for hydroxylation is 2. The minimum Gasteiger partial charge on any atom is -0.497 e. The highest BCUT2D eigenvalue weighted by atomic mass is 35.5. The van der Waals surface area contributed by atoms with Crippen molar-refractivity contribution >= 4 is 39.1 Å². The Morgan fingerprint density at radius 3 is 2.15 bits per heavy atom. The molecule has 0 aliphatic carbocycles. The quantitative estimate of drug-likeness (QED) is 0.303. The van der Waals surface area contributed by atoms with Crippen LogP contribution in [0.15, 0.2) is 71.6 Å². The third-order valence-corrected chi connectivity index (χ3v) is 8.69. The Morgan fingerprint density at radius 2 is 1.59 bits per heavy atom. The minimum absolute atomic E-state index is 0.0506. The van der Waals surface area contributed by atoms with Crippen LogP contribution in [0.1, 0.15) is 37.5 Å². The predicted octanol–water partition coefficient (Wildman–Crippen LogP) is 5.35. The van der Waals surface area contributed by atoms with E-state index in [1.807, 2.05) is 32.9 Å². The lowest BCUT2D eigenvalue weighted by Crippen LogP contribution is -2.51. The molecule has 0 unspecified atom stereocenters. The van der Waals surface area contributed by atoms with E-state index in [4.69, 9.17) is 16.3 Å². The smallest absolute Gasteiger partial charge is 0.264 e. The fourth-order valence-electron chi connectivity index (χ4n) is 4.21. The van der Waals surface area contributed by atoms with Crippen LogP contribution in [0, 0.1) is 19.8 Å². The molecule has 220 valence electrons. The summed E-state index contributed by atoms with van der Waals surface area (Å²) in [6, 6.07) is 17.6. The molecule has 0 radical (unpaired) electrons. The number of halogens is 1. The third kappa shape index (κ3) is 8.24. The molecule has 1 N–H and O–H groups in total. The zero-order valence-corrected chi connectivity index (χ0v) is 25.9. The Labute approximate surface area is 248 Å². The molecule has 3 rings (SSSR count). The summed E-state index contributed by atoms with van der Waals surface area (Å²) in [4.78, 5) is 28.6. The number of carbonyl (C=O) groups excluding carboxylic acids is 2. The summed E-state index contributed by atoms with van der Waals surface area (Å²) >= 11 is 6.17. The van der Waals surface area contributed by atoms with E-state index in [1.54, 1.807) is 63.4 Å². The molecule has 0 spiro atoms. The number of hydrogen-bond donors (Lipinski definition) is 1. The van der Waals surface area contributed by atoms with Crippen molar-refractivity contribution in [1.82, 2.24) is 10.2 Å². The number of amides is 2. The molecule has 3 aromatic rings. The molecule has 0 fully saturated rings. The third-order valence-electron chi connectivity index (χ3n) is 6.68. The van der Waals surface area contributed by atoms with Crippen LogP contribution < -0.4 is 14.4 Å². The first-order valence-corrected chi connectivity index (χ1v) is 15.2. The number of benzene rings is 3. The summed E-state index contributed by atoms with van der Waals surface area (Å²) < 4.78 is 34.3. The first-order valence-electron chi connectivity index (χ1n) is 13.4. The average Bonchev–Trinajstić information content (AvgIpc) is 2.93. The second-order valence-corrected chi connectivity index (χ2v) is 12.7. The number of nitrogens with zero attached hydrogens (tertiary/aromatic N) is 2. The molecule has 3 aromatic carbocycles. The standard InChI is InChI=1S/C31H38ClN3O5S/c1-21(2)18-33-31(37)24(5)34(19-25-9-12-27(40-6)13-10-25)30(36)20-35(29-16-11-26(32)17-23(29)4)41(38,39)28-14-7-22(3)8-15-28/h7-17,21,24H,18-20H2,1-6H3,(H,33,37)/t24-/m0/s1. The Hall–Kier alpha value is -3.56. The summed E-state index contributed by atoms with van der Waals surface area (Å²) in [6.07, 6.45) is 0. The second kappa shape index (κ2) is 13.9. The van der Waals surface area contributed by atoms with Gasteiger partial charge in [-0.05, 0) is 80.3 Å². The highest BCUT2D eigenvalue weighted by Gasteiger charge is 2.33. The van der Waals surface area contributed by atoms with Gasteiger partial charge < -0.3 is 15.0 Å². The van der Waals surface area contributed by atoms with Crippen LogP contribution >= 0.6 is 11.6 Å². The van der Waals surface area contributed by atoms with Crippen LogP contribution in [0.3, 0.4) is 0 Å². The van der Waals surface area contributed by atoms with Gasteiger partial charge in [-0.2, -0.15) is 0 Å². The summed E-state index contributed by atoms with van der Waals surface area (Å²) in [5.74, 6) is 0.0251. The molecule has 1 atom stereocenters. The highest BCUT2D eigenvalue weighted by Crippen LogP contribution is 2.29. The van der Waals surface area contributed by atoms with Crippen LogP contribution in [-0.2, 0) is 26.2 Å². The van der Waals surface area contributed by atoms with Crippen LogP contribution in [0.2, 0.25) is 5.02 Å². The lowest BCUT2D eigenvalue weighted by atomic mass is 10.1. The molecule has 0 saturated heterocycles. The minimum atomic E-state index is -4.16. The zero-order valence-electron chi connectivity index (χ0n) is 24.3. The molecular weight excluding hydrogens is 562 g/mol. The number of carbonyl (C=O) groups is 2. The Balaban J connectivity index is 2.04. The van der Waals surface area contributed by atoms with Gasteiger partial charge in [0.05, 0.1) is 17.7 Å².